The molecule has 0 fully saturated rings. The van der Waals surface area contributed by atoms with Crippen molar-refractivity contribution < 1.29 is 18.6 Å². The molecule has 6 nitrogen and oxygen atoms in total. The molecule has 116 valence electrons. The van der Waals surface area contributed by atoms with Gasteiger partial charge in [0.15, 0.2) is 11.5 Å². The van der Waals surface area contributed by atoms with Crippen LogP contribution in [0.1, 0.15) is 11.1 Å². The first-order valence-electron chi connectivity index (χ1n) is 6.83. The molecule has 0 saturated carbocycles. The van der Waals surface area contributed by atoms with Crippen molar-refractivity contribution in [1.29, 1.82) is 0 Å². The van der Waals surface area contributed by atoms with Crippen LogP contribution in [0.15, 0.2) is 42.6 Å². The van der Waals surface area contributed by atoms with Crippen LogP contribution in [0.2, 0.25) is 0 Å². The Labute approximate surface area is 131 Å². The standard InChI is InChI=1S/C16H12N2O4S/c19-14-6-11-9(8-17-13(11)7-15(14)20)5-16-10-3-1-2-4-12(10)18-23(16,21)22/h1-8,17-20H. The highest BCUT2D eigenvalue weighted by Gasteiger charge is 2.29. The molecular formula is C16H12N2O4S. The van der Waals surface area contributed by atoms with E-state index < -0.39 is 10.0 Å². The van der Waals surface area contributed by atoms with Crippen molar-refractivity contribution in [3.8, 4) is 11.5 Å². The number of aromatic nitrogens is 1. The zero-order valence-electron chi connectivity index (χ0n) is 11.7. The molecule has 0 saturated heterocycles. The topological polar surface area (TPSA) is 102 Å². The van der Waals surface area contributed by atoms with Crippen LogP contribution in [-0.2, 0) is 10.0 Å². The van der Waals surface area contributed by atoms with Crippen LogP contribution in [0.5, 0.6) is 11.5 Å². The molecule has 7 heteroatoms. The molecule has 0 bridgehead atoms. The van der Waals surface area contributed by atoms with Gasteiger partial charge in [-0.25, -0.2) is 8.42 Å². The van der Waals surface area contributed by atoms with Crippen LogP contribution in [-0.4, -0.2) is 23.6 Å². The van der Waals surface area contributed by atoms with Crippen molar-refractivity contribution in [2.75, 3.05) is 4.72 Å². The molecule has 2 heterocycles. The van der Waals surface area contributed by atoms with Gasteiger partial charge in [0.25, 0.3) is 10.0 Å². The summed E-state index contributed by atoms with van der Waals surface area (Å²) in [5.74, 6) is -0.497. The minimum atomic E-state index is -3.62. The number of hydrogen-bond donors (Lipinski definition) is 4. The lowest BCUT2D eigenvalue weighted by Gasteiger charge is -2.00. The van der Waals surface area contributed by atoms with Crippen molar-refractivity contribution in [3.63, 3.8) is 0 Å². The smallest absolute Gasteiger partial charge is 0.262 e. The minimum Gasteiger partial charge on any atom is -0.504 e. The fourth-order valence-corrected chi connectivity index (χ4v) is 4.04. The largest absolute Gasteiger partial charge is 0.504 e. The number of phenols is 2. The van der Waals surface area contributed by atoms with E-state index in [0.717, 1.165) is 0 Å². The second kappa shape index (κ2) is 4.53. The van der Waals surface area contributed by atoms with Crippen LogP contribution < -0.4 is 4.72 Å². The number of anilines is 1. The monoisotopic (exact) mass is 328 g/mol. The molecular weight excluding hydrogens is 316 g/mol. The third-order valence-electron chi connectivity index (χ3n) is 3.82. The summed E-state index contributed by atoms with van der Waals surface area (Å²) >= 11 is 0. The lowest BCUT2D eigenvalue weighted by atomic mass is 10.1. The summed E-state index contributed by atoms with van der Waals surface area (Å²) in [5, 5.41) is 19.8. The van der Waals surface area contributed by atoms with Crippen molar-refractivity contribution in [3.05, 3.63) is 53.7 Å². The fraction of sp³-hybridized carbons (Fsp3) is 0. The van der Waals surface area contributed by atoms with Crippen molar-refractivity contribution in [2.45, 2.75) is 0 Å². The maximum Gasteiger partial charge on any atom is 0.262 e. The Kier molecular flexibility index (Phi) is 2.70. The average Bonchev–Trinajstić information content (AvgIpc) is 2.99. The van der Waals surface area contributed by atoms with Crippen molar-refractivity contribution in [2.24, 2.45) is 0 Å². The van der Waals surface area contributed by atoms with Gasteiger partial charge in [0.05, 0.1) is 10.6 Å². The van der Waals surface area contributed by atoms with Crippen molar-refractivity contribution in [1.82, 2.24) is 4.98 Å². The number of aromatic hydroxyl groups is 2. The lowest BCUT2D eigenvalue weighted by molar-refractivity contribution is 0.405. The third kappa shape index (κ3) is 2.05. The summed E-state index contributed by atoms with van der Waals surface area (Å²) in [7, 11) is -3.62. The Hall–Kier alpha value is -2.93. The SMILES string of the molecule is O=S1(=O)Nc2ccccc2C1=Cc1c[nH]c2cc(O)c(O)cc12. The Balaban J connectivity index is 1.96. The Morgan fingerprint density at radius 3 is 2.61 bits per heavy atom. The Morgan fingerprint density at radius 1 is 1.04 bits per heavy atom. The number of H-pyrrole nitrogens is 1. The zero-order valence-corrected chi connectivity index (χ0v) is 12.6. The van der Waals surface area contributed by atoms with E-state index in [1.807, 2.05) is 0 Å². The van der Waals surface area contributed by atoms with Crippen molar-refractivity contribution >= 4 is 37.6 Å². The molecule has 0 radical (unpaired) electrons. The van der Waals surface area contributed by atoms with Crippen LogP contribution in [0.3, 0.4) is 0 Å². The molecule has 0 atom stereocenters. The van der Waals surface area contributed by atoms with E-state index in [0.29, 0.717) is 27.7 Å². The number of nitrogens with one attached hydrogen (secondary N) is 2. The number of aromatic amines is 1. The predicted octanol–water partition coefficient (Wildman–Crippen LogP) is 2.83. The summed E-state index contributed by atoms with van der Waals surface area (Å²) in [6.45, 7) is 0. The van der Waals surface area contributed by atoms with Gasteiger partial charge in [-0.3, -0.25) is 4.72 Å². The second-order valence-corrected chi connectivity index (χ2v) is 6.94. The molecule has 2 aromatic carbocycles. The summed E-state index contributed by atoms with van der Waals surface area (Å²) in [5.41, 5.74) is 2.35. The zero-order chi connectivity index (χ0) is 16.2. The third-order valence-corrected chi connectivity index (χ3v) is 5.23. The number of benzene rings is 2. The van der Waals surface area contributed by atoms with E-state index in [2.05, 4.69) is 9.71 Å². The summed E-state index contributed by atoms with van der Waals surface area (Å²) in [6, 6.07) is 9.76. The normalized spacial score (nSPS) is 17.3. The van der Waals surface area contributed by atoms with Gasteiger partial charge in [0, 0.05) is 34.3 Å². The molecule has 0 aliphatic carbocycles. The van der Waals surface area contributed by atoms with Crippen LogP contribution in [0.25, 0.3) is 21.9 Å². The molecule has 1 aromatic heterocycles. The number of hydrogen-bond acceptors (Lipinski definition) is 4. The van der Waals surface area contributed by atoms with Crippen LogP contribution in [0, 0.1) is 0 Å². The maximum absolute atomic E-state index is 12.3. The van der Waals surface area contributed by atoms with E-state index >= 15 is 0 Å². The van der Waals surface area contributed by atoms with Crippen LogP contribution in [0.4, 0.5) is 5.69 Å². The number of rotatable bonds is 1. The Bertz CT molecular complexity index is 1080. The molecule has 1 aliphatic rings. The number of phenolic OH excluding ortho intramolecular Hbond substituents is 2. The first-order chi connectivity index (χ1) is 11.0. The van der Waals surface area contributed by atoms with Gasteiger partial charge in [-0.2, -0.15) is 0 Å². The second-order valence-electron chi connectivity index (χ2n) is 5.29. The minimum absolute atomic E-state index is 0.168. The Morgan fingerprint density at radius 2 is 1.78 bits per heavy atom. The highest BCUT2D eigenvalue weighted by Crippen LogP contribution is 2.39. The first-order valence-corrected chi connectivity index (χ1v) is 8.31. The van der Waals surface area contributed by atoms with E-state index in [1.165, 1.54) is 12.1 Å². The number of para-hydroxylation sites is 1. The summed E-state index contributed by atoms with van der Waals surface area (Å²) in [4.78, 5) is 3.12. The van der Waals surface area contributed by atoms with E-state index in [4.69, 9.17) is 0 Å². The maximum atomic E-state index is 12.3. The quantitative estimate of drug-likeness (QED) is 0.516. The molecule has 3 aromatic rings. The van der Waals surface area contributed by atoms with Gasteiger partial charge in [-0.05, 0) is 18.2 Å². The fourth-order valence-electron chi connectivity index (χ4n) is 2.72. The van der Waals surface area contributed by atoms with Gasteiger partial charge in [-0.15, -0.1) is 0 Å². The lowest BCUT2D eigenvalue weighted by Crippen LogP contribution is -2.05. The molecule has 4 rings (SSSR count). The van der Waals surface area contributed by atoms with Gasteiger partial charge in [0.1, 0.15) is 0 Å². The van der Waals surface area contributed by atoms with E-state index in [-0.39, 0.29) is 16.4 Å². The average molecular weight is 328 g/mol. The van der Waals surface area contributed by atoms with Gasteiger partial charge in [0.2, 0.25) is 0 Å². The molecule has 1 aliphatic heterocycles. The predicted molar refractivity (Wildman–Crippen MR) is 88.5 cm³/mol. The highest BCUT2D eigenvalue weighted by molar-refractivity contribution is 8.02. The van der Waals surface area contributed by atoms with Gasteiger partial charge >= 0.3 is 0 Å². The molecule has 0 unspecified atom stereocenters. The van der Waals surface area contributed by atoms with E-state index in [1.54, 1.807) is 36.5 Å². The first kappa shape index (κ1) is 13.7. The molecule has 4 N–H and O–H groups in total. The van der Waals surface area contributed by atoms with Crippen LogP contribution >= 0.6 is 0 Å². The molecule has 23 heavy (non-hydrogen) atoms. The molecule has 0 spiro atoms. The summed E-state index contributed by atoms with van der Waals surface area (Å²) < 4.78 is 27.2. The highest BCUT2D eigenvalue weighted by atomic mass is 32.2. The van der Waals surface area contributed by atoms with E-state index in [9.17, 15) is 18.6 Å². The number of fused-ring (bicyclic) bond motifs is 2. The number of sulfonamides is 1. The van der Waals surface area contributed by atoms with Gasteiger partial charge < -0.3 is 15.2 Å². The summed E-state index contributed by atoms with van der Waals surface area (Å²) in [6.07, 6.45) is 3.18. The molecule has 0 amide bonds. The van der Waals surface area contributed by atoms with Gasteiger partial charge in [-0.1, -0.05) is 18.2 Å².